The molecular formula is C10H18N2O2. The molecule has 0 saturated heterocycles. The molecule has 0 bridgehead atoms. The van der Waals surface area contributed by atoms with Crippen molar-refractivity contribution in [2.45, 2.75) is 27.3 Å². The van der Waals surface area contributed by atoms with E-state index in [0.29, 0.717) is 6.61 Å². The molecule has 0 saturated carbocycles. The highest BCUT2D eigenvalue weighted by molar-refractivity contribution is 5.11. The van der Waals surface area contributed by atoms with Crippen LogP contribution in [0.2, 0.25) is 0 Å². The fourth-order valence-electron chi connectivity index (χ4n) is 0.916. The summed E-state index contributed by atoms with van der Waals surface area (Å²) in [6.07, 6.45) is 3.55. The summed E-state index contributed by atoms with van der Waals surface area (Å²) in [7, 11) is 0. The number of rotatable bonds is 5. The van der Waals surface area contributed by atoms with Gasteiger partial charge < -0.3 is 9.84 Å². The fraction of sp³-hybridized carbons (Fsp3) is 0.700. The first-order valence-corrected chi connectivity index (χ1v) is 4.83. The summed E-state index contributed by atoms with van der Waals surface area (Å²) < 4.78 is 7.31. The van der Waals surface area contributed by atoms with Crippen molar-refractivity contribution >= 4 is 0 Å². The Kier molecular flexibility index (Phi) is 3.52. The van der Waals surface area contributed by atoms with Gasteiger partial charge in [0, 0.05) is 12.0 Å². The molecule has 0 amide bonds. The highest BCUT2D eigenvalue weighted by Crippen LogP contribution is 2.17. The van der Waals surface area contributed by atoms with Crippen LogP contribution in [0, 0.1) is 5.41 Å². The molecular weight excluding hydrogens is 180 g/mol. The summed E-state index contributed by atoms with van der Waals surface area (Å²) in [6, 6.07) is 0. The molecule has 0 aliphatic heterocycles. The lowest BCUT2D eigenvalue weighted by molar-refractivity contribution is 0.0975. The van der Waals surface area contributed by atoms with Gasteiger partial charge in [0.1, 0.15) is 0 Å². The van der Waals surface area contributed by atoms with Gasteiger partial charge >= 0.3 is 0 Å². The van der Waals surface area contributed by atoms with Gasteiger partial charge in [-0.2, -0.15) is 5.10 Å². The van der Waals surface area contributed by atoms with Crippen molar-refractivity contribution in [2.75, 3.05) is 13.2 Å². The van der Waals surface area contributed by atoms with Crippen molar-refractivity contribution in [3.8, 4) is 5.75 Å². The summed E-state index contributed by atoms with van der Waals surface area (Å²) in [5.41, 5.74) is -0.200. The van der Waals surface area contributed by atoms with Crippen LogP contribution < -0.4 is 4.74 Å². The van der Waals surface area contributed by atoms with E-state index in [2.05, 4.69) is 5.10 Å². The number of hydrogen-bond donors (Lipinski definition) is 1. The van der Waals surface area contributed by atoms with E-state index < -0.39 is 0 Å². The Morgan fingerprint density at radius 1 is 1.57 bits per heavy atom. The van der Waals surface area contributed by atoms with E-state index in [-0.39, 0.29) is 12.0 Å². The predicted octanol–water partition coefficient (Wildman–Crippen LogP) is 1.30. The normalized spacial score (nSPS) is 11.7. The molecule has 1 N–H and O–H groups in total. The zero-order valence-corrected chi connectivity index (χ0v) is 9.03. The minimum absolute atomic E-state index is 0.120. The summed E-state index contributed by atoms with van der Waals surface area (Å²) >= 11 is 0. The second-order valence-electron chi connectivity index (χ2n) is 4.14. The fourth-order valence-corrected chi connectivity index (χ4v) is 0.916. The molecule has 0 aliphatic rings. The van der Waals surface area contributed by atoms with Gasteiger partial charge in [-0.3, -0.25) is 4.68 Å². The van der Waals surface area contributed by atoms with E-state index in [1.54, 1.807) is 10.9 Å². The van der Waals surface area contributed by atoms with E-state index >= 15 is 0 Å². The number of hydrogen-bond acceptors (Lipinski definition) is 3. The summed E-state index contributed by atoms with van der Waals surface area (Å²) in [4.78, 5) is 0. The molecule has 0 aliphatic carbocycles. The zero-order chi connectivity index (χ0) is 10.6. The third-order valence-corrected chi connectivity index (χ3v) is 1.99. The number of aryl methyl sites for hydroxylation is 1. The number of aliphatic hydroxyl groups is 1. The van der Waals surface area contributed by atoms with E-state index in [9.17, 15) is 0 Å². The van der Waals surface area contributed by atoms with E-state index in [0.717, 1.165) is 12.3 Å². The Morgan fingerprint density at radius 3 is 2.79 bits per heavy atom. The van der Waals surface area contributed by atoms with Crippen LogP contribution in [0.1, 0.15) is 20.8 Å². The SMILES string of the molecule is CCn1cc(OCC(C)(C)CO)cn1. The maximum atomic E-state index is 9.02. The average Bonchev–Trinajstić information content (AvgIpc) is 2.63. The second kappa shape index (κ2) is 4.46. The van der Waals surface area contributed by atoms with Crippen molar-refractivity contribution < 1.29 is 9.84 Å². The lowest BCUT2D eigenvalue weighted by Gasteiger charge is -2.20. The van der Waals surface area contributed by atoms with E-state index in [1.807, 2.05) is 27.0 Å². The third kappa shape index (κ3) is 3.03. The topological polar surface area (TPSA) is 47.3 Å². The highest BCUT2D eigenvalue weighted by Gasteiger charge is 2.17. The van der Waals surface area contributed by atoms with Crippen LogP contribution in [0.15, 0.2) is 12.4 Å². The van der Waals surface area contributed by atoms with Crippen LogP contribution in [0.3, 0.4) is 0 Å². The molecule has 0 spiro atoms. The summed E-state index contributed by atoms with van der Waals surface area (Å²) in [6.45, 7) is 7.39. The van der Waals surface area contributed by atoms with Crippen LogP contribution in [0.4, 0.5) is 0 Å². The Balaban J connectivity index is 2.45. The van der Waals surface area contributed by atoms with Gasteiger partial charge in [0.05, 0.1) is 25.6 Å². The van der Waals surface area contributed by atoms with Gasteiger partial charge in [0.2, 0.25) is 0 Å². The molecule has 0 aromatic carbocycles. The van der Waals surface area contributed by atoms with Crippen LogP contribution >= 0.6 is 0 Å². The maximum Gasteiger partial charge on any atom is 0.157 e. The lowest BCUT2D eigenvalue weighted by Crippen LogP contribution is -2.25. The largest absolute Gasteiger partial charge is 0.490 e. The van der Waals surface area contributed by atoms with Crippen LogP contribution in [-0.2, 0) is 6.54 Å². The first-order chi connectivity index (χ1) is 6.57. The molecule has 4 nitrogen and oxygen atoms in total. The highest BCUT2D eigenvalue weighted by atomic mass is 16.5. The van der Waals surface area contributed by atoms with Crippen molar-refractivity contribution in [3.05, 3.63) is 12.4 Å². The second-order valence-corrected chi connectivity index (χ2v) is 4.14. The van der Waals surface area contributed by atoms with Gasteiger partial charge in [-0.1, -0.05) is 13.8 Å². The quantitative estimate of drug-likeness (QED) is 0.775. The minimum atomic E-state index is -0.200. The van der Waals surface area contributed by atoms with Crippen molar-refractivity contribution in [3.63, 3.8) is 0 Å². The number of aromatic nitrogens is 2. The Hall–Kier alpha value is -1.03. The Morgan fingerprint density at radius 2 is 2.29 bits per heavy atom. The smallest absolute Gasteiger partial charge is 0.157 e. The Labute approximate surface area is 84.5 Å². The molecule has 1 aromatic rings. The zero-order valence-electron chi connectivity index (χ0n) is 9.03. The molecule has 14 heavy (non-hydrogen) atoms. The first-order valence-electron chi connectivity index (χ1n) is 4.83. The number of aliphatic hydroxyl groups excluding tert-OH is 1. The number of nitrogens with zero attached hydrogens (tertiary/aromatic N) is 2. The monoisotopic (exact) mass is 198 g/mol. The molecule has 4 heteroatoms. The molecule has 0 unspecified atom stereocenters. The molecule has 1 aromatic heterocycles. The number of ether oxygens (including phenoxy) is 1. The van der Waals surface area contributed by atoms with Crippen molar-refractivity contribution in [1.29, 1.82) is 0 Å². The standard InChI is InChI=1S/C10H18N2O2/c1-4-12-6-9(5-11-12)14-8-10(2,3)7-13/h5-6,13H,4,7-8H2,1-3H3. The third-order valence-electron chi connectivity index (χ3n) is 1.99. The van der Waals surface area contributed by atoms with Gasteiger partial charge in [-0.05, 0) is 6.92 Å². The average molecular weight is 198 g/mol. The molecule has 1 heterocycles. The first kappa shape index (κ1) is 11.0. The van der Waals surface area contributed by atoms with Gasteiger partial charge in [-0.25, -0.2) is 0 Å². The predicted molar refractivity (Wildman–Crippen MR) is 54.3 cm³/mol. The molecule has 0 atom stereocenters. The van der Waals surface area contributed by atoms with Crippen LogP contribution in [0.25, 0.3) is 0 Å². The van der Waals surface area contributed by atoms with E-state index in [4.69, 9.17) is 9.84 Å². The minimum Gasteiger partial charge on any atom is -0.490 e. The molecule has 1 rings (SSSR count). The maximum absolute atomic E-state index is 9.02. The van der Waals surface area contributed by atoms with Gasteiger partial charge in [0.15, 0.2) is 5.75 Å². The van der Waals surface area contributed by atoms with Gasteiger partial charge in [0.25, 0.3) is 0 Å². The van der Waals surface area contributed by atoms with E-state index in [1.165, 1.54) is 0 Å². The lowest BCUT2D eigenvalue weighted by atomic mass is 9.97. The van der Waals surface area contributed by atoms with Gasteiger partial charge in [-0.15, -0.1) is 0 Å². The van der Waals surface area contributed by atoms with Crippen LogP contribution in [-0.4, -0.2) is 28.1 Å². The molecule has 0 fully saturated rings. The molecule has 80 valence electrons. The summed E-state index contributed by atoms with van der Waals surface area (Å²) in [5.74, 6) is 0.758. The van der Waals surface area contributed by atoms with Crippen molar-refractivity contribution in [1.82, 2.24) is 9.78 Å². The van der Waals surface area contributed by atoms with Crippen molar-refractivity contribution in [2.24, 2.45) is 5.41 Å². The van der Waals surface area contributed by atoms with Crippen LogP contribution in [0.5, 0.6) is 5.75 Å². The Bertz CT molecular complexity index is 281. The molecule has 0 radical (unpaired) electrons. The summed E-state index contributed by atoms with van der Waals surface area (Å²) in [5, 5.41) is 13.1.